The molecule has 6 heteroatoms. The summed E-state index contributed by atoms with van der Waals surface area (Å²) in [6.45, 7) is 1.49. The average Bonchev–Trinajstić information content (AvgIpc) is 2.17. The van der Waals surface area contributed by atoms with Crippen LogP contribution < -0.4 is 5.73 Å². The molecule has 0 radical (unpaired) electrons. The summed E-state index contributed by atoms with van der Waals surface area (Å²) < 4.78 is 0. The minimum atomic E-state index is 0.0307. The van der Waals surface area contributed by atoms with E-state index in [-0.39, 0.29) is 16.1 Å². The van der Waals surface area contributed by atoms with Crippen LogP contribution in [0.5, 0.6) is 0 Å². The van der Waals surface area contributed by atoms with Gasteiger partial charge in [-0.15, -0.1) is 10.2 Å². The number of anilines is 1. The second-order valence-electron chi connectivity index (χ2n) is 2.55. The van der Waals surface area contributed by atoms with Crippen LogP contribution in [-0.4, -0.2) is 21.1 Å². The number of aromatic nitrogens is 2. The lowest BCUT2D eigenvalue weighted by Crippen LogP contribution is -1.96. The second-order valence-corrected chi connectivity index (χ2v) is 4.09. The Labute approximate surface area is 96.6 Å². The molecule has 0 unspecified atom stereocenters. The van der Waals surface area contributed by atoms with Crippen molar-refractivity contribution in [1.82, 2.24) is 10.2 Å². The van der Waals surface area contributed by atoms with E-state index in [9.17, 15) is 4.79 Å². The summed E-state index contributed by atoms with van der Waals surface area (Å²) in [6, 6.07) is 1.54. The molecule has 0 bridgehead atoms. The van der Waals surface area contributed by atoms with Gasteiger partial charge in [-0.3, -0.25) is 4.79 Å². The third-order valence-electron chi connectivity index (χ3n) is 1.36. The smallest absolute Gasteiger partial charge is 0.186 e. The number of nitrogen functional groups attached to an aromatic ring is 1. The van der Waals surface area contributed by atoms with Crippen molar-refractivity contribution < 1.29 is 4.79 Å². The summed E-state index contributed by atoms with van der Waals surface area (Å²) in [5.41, 5.74) is 6.05. The highest BCUT2D eigenvalue weighted by Gasteiger charge is 1.99. The van der Waals surface area contributed by atoms with Gasteiger partial charge in [-0.1, -0.05) is 35.2 Å². The lowest BCUT2D eigenvalue weighted by Gasteiger charge is -1.95. The van der Waals surface area contributed by atoms with Crippen LogP contribution >= 0.6 is 23.4 Å². The molecule has 0 spiro atoms. The Hall–Kier alpha value is -1.25. The molecule has 2 N–H and O–H groups in total. The molecule has 78 valence electrons. The van der Waals surface area contributed by atoms with E-state index in [4.69, 9.17) is 17.3 Å². The predicted octanol–water partition coefficient (Wildman–Crippen LogP) is 1.34. The average molecular weight is 242 g/mol. The van der Waals surface area contributed by atoms with Crippen LogP contribution in [0.3, 0.4) is 0 Å². The number of thioether (sulfide) groups is 1. The SMILES string of the molecule is CC(=O)SCC#Cc1cc(Cl)nnc1N. The van der Waals surface area contributed by atoms with Gasteiger partial charge in [0.1, 0.15) is 0 Å². The van der Waals surface area contributed by atoms with E-state index in [1.54, 1.807) is 0 Å². The van der Waals surface area contributed by atoms with Crippen molar-refractivity contribution in [2.24, 2.45) is 0 Å². The Morgan fingerprint density at radius 2 is 2.40 bits per heavy atom. The summed E-state index contributed by atoms with van der Waals surface area (Å²) >= 11 is 6.76. The van der Waals surface area contributed by atoms with E-state index in [2.05, 4.69) is 22.0 Å². The highest BCUT2D eigenvalue weighted by Crippen LogP contribution is 2.10. The number of hydrogen-bond acceptors (Lipinski definition) is 5. The van der Waals surface area contributed by atoms with Gasteiger partial charge >= 0.3 is 0 Å². The fourth-order valence-corrected chi connectivity index (χ4v) is 1.24. The van der Waals surface area contributed by atoms with Crippen LogP contribution in [0.1, 0.15) is 12.5 Å². The van der Waals surface area contributed by atoms with Crippen molar-refractivity contribution in [2.75, 3.05) is 11.5 Å². The van der Waals surface area contributed by atoms with Gasteiger partial charge in [-0.05, 0) is 6.07 Å². The molecule has 15 heavy (non-hydrogen) atoms. The molecule has 0 aliphatic rings. The summed E-state index contributed by atoms with van der Waals surface area (Å²) in [4.78, 5) is 10.6. The molecule has 4 nitrogen and oxygen atoms in total. The number of hydrogen-bond donors (Lipinski definition) is 1. The molecule has 0 atom stereocenters. The number of nitrogens with zero attached hydrogens (tertiary/aromatic N) is 2. The highest BCUT2D eigenvalue weighted by molar-refractivity contribution is 8.13. The van der Waals surface area contributed by atoms with Crippen LogP contribution in [0.4, 0.5) is 5.82 Å². The van der Waals surface area contributed by atoms with Crippen LogP contribution in [0.2, 0.25) is 5.15 Å². The molecular weight excluding hydrogens is 234 g/mol. The Morgan fingerprint density at radius 3 is 3.07 bits per heavy atom. The third kappa shape index (κ3) is 4.19. The summed E-state index contributed by atoms with van der Waals surface area (Å²) in [7, 11) is 0. The van der Waals surface area contributed by atoms with Gasteiger partial charge in [0.25, 0.3) is 0 Å². The van der Waals surface area contributed by atoms with Gasteiger partial charge in [0.05, 0.1) is 11.3 Å². The van der Waals surface area contributed by atoms with E-state index in [0.29, 0.717) is 11.3 Å². The summed E-state index contributed by atoms with van der Waals surface area (Å²) in [6.07, 6.45) is 0. The highest BCUT2D eigenvalue weighted by atomic mass is 35.5. The van der Waals surface area contributed by atoms with E-state index in [1.807, 2.05) is 0 Å². The van der Waals surface area contributed by atoms with Crippen molar-refractivity contribution in [3.63, 3.8) is 0 Å². The van der Waals surface area contributed by atoms with Crippen molar-refractivity contribution in [3.05, 3.63) is 16.8 Å². The molecular formula is C9H8ClN3OS. The first-order valence-corrected chi connectivity index (χ1v) is 5.37. The Kier molecular flexibility index (Phi) is 4.40. The minimum Gasteiger partial charge on any atom is -0.381 e. The molecule has 0 amide bonds. The molecule has 1 aromatic heterocycles. The molecule has 0 aliphatic carbocycles. The van der Waals surface area contributed by atoms with Gasteiger partial charge < -0.3 is 5.73 Å². The first-order valence-electron chi connectivity index (χ1n) is 4.00. The quantitative estimate of drug-likeness (QED) is 0.752. The zero-order chi connectivity index (χ0) is 11.3. The molecule has 0 aromatic carbocycles. The van der Waals surface area contributed by atoms with Crippen molar-refractivity contribution in [1.29, 1.82) is 0 Å². The normalized spacial score (nSPS) is 9.20. The standard InChI is InChI=1S/C9H8ClN3OS/c1-6(14)15-4-2-3-7-5-8(10)12-13-9(7)11/h5H,4H2,1H3,(H2,11,13). The molecule has 0 aliphatic heterocycles. The zero-order valence-electron chi connectivity index (χ0n) is 7.95. The first kappa shape index (κ1) is 11.8. The zero-order valence-corrected chi connectivity index (χ0v) is 9.52. The number of rotatable bonds is 1. The minimum absolute atomic E-state index is 0.0307. The first-order chi connectivity index (χ1) is 7.09. The van der Waals surface area contributed by atoms with Crippen molar-refractivity contribution >= 4 is 34.3 Å². The van der Waals surface area contributed by atoms with Gasteiger partial charge in [0, 0.05) is 6.92 Å². The molecule has 0 saturated heterocycles. The van der Waals surface area contributed by atoms with Crippen molar-refractivity contribution in [3.8, 4) is 11.8 Å². The molecule has 0 fully saturated rings. The molecule has 0 saturated carbocycles. The van der Waals surface area contributed by atoms with Crippen LogP contribution in [-0.2, 0) is 4.79 Å². The van der Waals surface area contributed by atoms with Crippen LogP contribution in [0.25, 0.3) is 0 Å². The molecule has 1 rings (SSSR count). The predicted molar refractivity (Wildman–Crippen MR) is 61.5 cm³/mol. The van der Waals surface area contributed by atoms with E-state index in [1.165, 1.54) is 13.0 Å². The molecule has 1 heterocycles. The Balaban J connectivity index is 2.71. The van der Waals surface area contributed by atoms with Gasteiger partial charge in [-0.2, -0.15) is 0 Å². The topological polar surface area (TPSA) is 68.9 Å². The lowest BCUT2D eigenvalue weighted by atomic mass is 10.3. The maximum absolute atomic E-state index is 10.6. The number of carbonyl (C=O) groups is 1. The lowest BCUT2D eigenvalue weighted by molar-refractivity contribution is -0.109. The summed E-state index contributed by atoms with van der Waals surface area (Å²) in [5, 5.41) is 7.45. The number of halogens is 1. The summed E-state index contributed by atoms with van der Waals surface area (Å²) in [5.74, 6) is 6.22. The van der Waals surface area contributed by atoms with Gasteiger partial charge in [0.15, 0.2) is 16.1 Å². The second kappa shape index (κ2) is 5.59. The third-order valence-corrected chi connectivity index (χ3v) is 2.24. The van der Waals surface area contributed by atoms with Crippen LogP contribution in [0.15, 0.2) is 6.07 Å². The Morgan fingerprint density at radius 1 is 1.67 bits per heavy atom. The Bertz CT molecular complexity index is 439. The maximum atomic E-state index is 10.6. The van der Waals surface area contributed by atoms with Crippen LogP contribution in [0, 0.1) is 11.8 Å². The number of carbonyl (C=O) groups excluding carboxylic acids is 1. The van der Waals surface area contributed by atoms with Crippen molar-refractivity contribution in [2.45, 2.75) is 6.92 Å². The largest absolute Gasteiger partial charge is 0.381 e. The fourth-order valence-electron chi connectivity index (χ4n) is 0.747. The van der Waals surface area contributed by atoms with E-state index < -0.39 is 0 Å². The maximum Gasteiger partial charge on any atom is 0.186 e. The van der Waals surface area contributed by atoms with Gasteiger partial charge in [-0.25, -0.2) is 0 Å². The fraction of sp³-hybridized carbons (Fsp3) is 0.222. The van der Waals surface area contributed by atoms with E-state index in [0.717, 1.165) is 11.8 Å². The van der Waals surface area contributed by atoms with Gasteiger partial charge in [0.2, 0.25) is 0 Å². The molecule has 1 aromatic rings. The monoisotopic (exact) mass is 241 g/mol. The van der Waals surface area contributed by atoms with E-state index >= 15 is 0 Å². The number of nitrogens with two attached hydrogens (primary N) is 1.